The van der Waals surface area contributed by atoms with Gasteiger partial charge in [-0.3, -0.25) is 14.3 Å². The summed E-state index contributed by atoms with van der Waals surface area (Å²) < 4.78 is 7.16. The minimum Gasteiger partial charge on any atom is -0.461 e. The Labute approximate surface area is 180 Å². The first-order valence-electron chi connectivity index (χ1n) is 9.79. The molecule has 0 bridgehead atoms. The number of aromatic amines is 1. The van der Waals surface area contributed by atoms with Crippen molar-refractivity contribution in [1.82, 2.24) is 25.1 Å². The summed E-state index contributed by atoms with van der Waals surface area (Å²) in [5.74, 6) is 0.594. The van der Waals surface area contributed by atoms with Gasteiger partial charge < -0.3 is 14.7 Å². The Morgan fingerprint density at radius 3 is 2.90 bits per heavy atom. The molecule has 1 aromatic carbocycles. The van der Waals surface area contributed by atoms with Crippen LogP contribution < -0.4 is 10.9 Å². The van der Waals surface area contributed by atoms with Crippen molar-refractivity contribution in [3.05, 3.63) is 69.1 Å². The maximum Gasteiger partial charge on any atom is 0.261 e. The van der Waals surface area contributed by atoms with Crippen LogP contribution in [0.1, 0.15) is 20.9 Å². The second-order valence-electron chi connectivity index (χ2n) is 7.22. The lowest BCUT2D eigenvalue weighted by atomic mass is 10.1. The molecule has 0 saturated carbocycles. The lowest BCUT2D eigenvalue weighted by Crippen LogP contribution is -2.25. The Hall–Kier alpha value is -3.72. The maximum atomic E-state index is 12.8. The van der Waals surface area contributed by atoms with E-state index in [4.69, 9.17) is 4.42 Å². The monoisotopic (exact) mass is 433 g/mol. The summed E-state index contributed by atoms with van der Waals surface area (Å²) in [5.41, 5.74) is 2.33. The summed E-state index contributed by atoms with van der Waals surface area (Å²) in [6, 6.07) is 11.5. The van der Waals surface area contributed by atoms with Crippen LogP contribution in [-0.4, -0.2) is 32.2 Å². The molecule has 0 radical (unpaired) electrons. The van der Waals surface area contributed by atoms with Gasteiger partial charge >= 0.3 is 0 Å². The Morgan fingerprint density at radius 2 is 2.10 bits per heavy atom. The number of hydrogen-bond donors (Lipinski definition) is 2. The molecule has 2 N–H and O–H groups in total. The maximum absolute atomic E-state index is 12.8. The number of hydrogen-bond acceptors (Lipinski definition) is 6. The minimum atomic E-state index is -0.288. The molecule has 0 aliphatic rings. The first-order chi connectivity index (χ1) is 15.0. The van der Waals surface area contributed by atoms with E-state index >= 15 is 0 Å². The van der Waals surface area contributed by atoms with E-state index in [1.807, 2.05) is 36.0 Å². The molecular weight excluding hydrogens is 414 g/mol. The standard InChI is InChI=1S/C22H19N5O3S/c1-12-17-20(28)24-19(16-8-5-11-30-16)25-22(17)31-18(12)21(29)23-10-9-14-13-6-3-4-7-15(13)27(2)26-14/h3-8,11H,9-10H2,1-2H3,(H,23,29)(H,24,25,28). The molecule has 5 aromatic rings. The van der Waals surface area contributed by atoms with Crippen LogP contribution in [0.5, 0.6) is 0 Å². The summed E-state index contributed by atoms with van der Waals surface area (Å²) in [6.45, 7) is 2.21. The van der Waals surface area contributed by atoms with Gasteiger partial charge in [0.05, 0.1) is 27.7 Å². The van der Waals surface area contributed by atoms with Gasteiger partial charge in [-0.15, -0.1) is 11.3 Å². The zero-order valence-corrected chi connectivity index (χ0v) is 17.7. The van der Waals surface area contributed by atoms with Crippen LogP contribution in [-0.2, 0) is 13.5 Å². The number of nitrogens with zero attached hydrogens (tertiary/aromatic N) is 3. The first-order valence-corrected chi connectivity index (χ1v) is 10.6. The van der Waals surface area contributed by atoms with Crippen molar-refractivity contribution in [3.8, 4) is 11.6 Å². The van der Waals surface area contributed by atoms with Crippen LogP contribution in [0.3, 0.4) is 0 Å². The largest absolute Gasteiger partial charge is 0.461 e. The molecule has 5 rings (SSSR count). The highest BCUT2D eigenvalue weighted by Crippen LogP contribution is 2.28. The third kappa shape index (κ3) is 3.32. The van der Waals surface area contributed by atoms with E-state index < -0.39 is 0 Å². The van der Waals surface area contributed by atoms with Gasteiger partial charge in [-0.25, -0.2) is 4.98 Å². The third-order valence-electron chi connectivity index (χ3n) is 5.24. The second-order valence-corrected chi connectivity index (χ2v) is 8.22. The van der Waals surface area contributed by atoms with Gasteiger partial charge in [-0.2, -0.15) is 5.10 Å². The van der Waals surface area contributed by atoms with Crippen molar-refractivity contribution in [1.29, 1.82) is 0 Å². The van der Waals surface area contributed by atoms with Crippen LogP contribution in [0.15, 0.2) is 51.9 Å². The van der Waals surface area contributed by atoms with E-state index in [1.54, 1.807) is 19.1 Å². The Kier molecular flexibility index (Phi) is 4.67. The SMILES string of the molecule is Cc1c(C(=O)NCCc2nn(C)c3ccccc23)sc2nc(-c3ccco3)[nH]c(=O)c12. The zero-order valence-electron chi connectivity index (χ0n) is 16.9. The van der Waals surface area contributed by atoms with E-state index in [9.17, 15) is 9.59 Å². The number of thiophene rings is 1. The smallest absolute Gasteiger partial charge is 0.261 e. The number of benzene rings is 1. The predicted octanol–water partition coefficient (Wildman–Crippen LogP) is 3.41. The van der Waals surface area contributed by atoms with E-state index in [1.165, 1.54) is 17.6 Å². The fourth-order valence-electron chi connectivity index (χ4n) is 3.74. The predicted molar refractivity (Wildman–Crippen MR) is 119 cm³/mol. The number of rotatable bonds is 5. The number of aryl methyl sites for hydroxylation is 2. The summed E-state index contributed by atoms with van der Waals surface area (Å²) in [7, 11) is 1.91. The molecule has 8 nitrogen and oxygen atoms in total. The van der Waals surface area contributed by atoms with E-state index in [-0.39, 0.29) is 11.5 Å². The molecule has 0 aliphatic carbocycles. The van der Waals surface area contributed by atoms with Gasteiger partial charge in [-0.05, 0) is 30.7 Å². The number of H-pyrrole nitrogens is 1. The molecule has 4 aromatic heterocycles. The van der Waals surface area contributed by atoms with Gasteiger partial charge in [0.15, 0.2) is 11.6 Å². The molecule has 1 amide bonds. The topological polar surface area (TPSA) is 106 Å². The molecule has 0 spiro atoms. The van der Waals surface area contributed by atoms with Gasteiger partial charge in [0.1, 0.15) is 4.83 Å². The van der Waals surface area contributed by atoms with Crippen molar-refractivity contribution in [3.63, 3.8) is 0 Å². The first kappa shape index (κ1) is 19.3. The molecule has 0 fully saturated rings. The fourth-order valence-corrected chi connectivity index (χ4v) is 4.84. The Morgan fingerprint density at radius 1 is 1.26 bits per heavy atom. The van der Waals surface area contributed by atoms with Crippen molar-refractivity contribution in [2.24, 2.45) is 7.05 Å². The lowest BCUT2D eigenvalue weighted by molar-refractivity contribution is 0.0957. The van der Waals surface area contributed by atoms with E-state index in [0.29, 0.717) is 45.2 Å². The number of aromatic nitrogens is 4. The average Bonchev–Trinajstić information content (AvgIpc) is 3.47. The zero-order chi connectivity index (χ0) is 21.5. The highest BCUT2D eigenvalue weighted by Gasteiger charge is 2.20. The molecule has 0 unspecified atom stereocenters. The number of para-hydroxylation sites is 1. The van der Waals surface area contributed by atoms with Crippen molar-refractivity contribution >= 4 is 38.4 Å². The lowest BCUT2D eigenvalue weighted by Gasteiger charge is -2.03. The van der Waals surface area contributed by atoms with Crippen LogP contribution in [0, 0.1) is 6.92 Å². The molecular formula is C22H19N5O3S. The van der Waals surface area contributed by atoms with Crippen LogP contribution in [0.2, 0.25) is 0 Å². The Bertz CT molecular complexity index is 1480. The third-order valence-corrected chi connectivity index (χ3v) is 6.43. The van der Waals surface area contributed by atoms with Crippen LogP contribution >= 0.6 is 11.3 Å². The number of amides is 1. The van der Waals surface area contributed by atoms with Crippen molar-refractivity contribution in [2.45, 2.75) is 13.3 Å². The summed E-state index contributed by atoms with van der Waals surface area (Å²) in [6.07, 6.45) is 2.13. The molecule has 0 atom stereocenters. The second kappa shape index (κ2) is 7.51. The number of furan rings is 1. The molecule has 156 valence electrons. The number of carbonyl (C=O) groups excluding carboxylic acids is 1. The van der Waals surface area contributed by atoms with Crippen LogP contribution in [0.25, 0.3) is 32.7 Å². The van der Waals surface area contributed by atoms with Crippen LogP contribution in [0.4, 0.5) is 0 Å². The van der Waals surface area contributed by atoms with Crippen molar-refractivity contribution in [2.75, 3.05) is 6.54 Å². The molecule has 9 heteroatoms. The Balaban J connectivity index is 1.37. The molecule has 0 saturated heterocycles. The van der Waals surface area contributed by atoms with Crippen molar-refractivity contribution < 1.29 is 9.21 Å². The molecule has 0 aliphatic heterocycles. The van der Waals surface area contributed by atoms with E-state index in [2.05, 4.69) is 20.4 Å². The summed E-state index contributed by atoms with van der Waals surface area (Å²) in [4.78, 5) is 33.6. The van der Waals surface area contributed by atoms with E-state index in [0.717, 1.165) is 16.6 Å². The summed E-state index contributed by atoms with van der Waals surface area (Å²) >= 11 is 1.21. The number of carbonyl (C=O) groups is 1. The highest BCUT2D eigenvalue weighted by molar-refractivity contribution is 7.20. The fraction of sp³-hybridized carbons (Fsp3) is 0.182. The van der Waals surface area contributed by atoms with Gasteiger partial charge in [-0.1, -0.05) is 18.2 Å². The number of nitrogens with one attached hydrogen (secondary N) is 2. The highest BCUT2D eigenvalue weighted by atomic mass is 32.1. The van der Waals surface area contributed by atoms with Gasteiger partial charge in [0, 0.05) is 25.4 Å². The molecule has 31 heavy (non-hydrogen) atoms. The molecule has 4 heterocycles. The quantitative estimate of drug-likeness (QED) is 0.442. The summed E-state index contributed by atoms with van der Waals surface area (Å²) in [5, 5.41) is 9.02. The van der Waals surface area contributed by atoms with Gasteiger partial charge in [0.2, 0.25) is 0 Å². The average molecular weight is 433 g/mol. The number of fused-ring (bicyclic) bond motifs is 2. The normalized spacial score (nSPS) is 11.4. The minimum absolute atomic E-state index is 0.223. The van der Waals surface area contributed by atoms with Gasteiger partial charge in [0.25, 0.3) is 11.5 Å².